The van der Waals surface area contributed by atoms with Gasteiger partial charge in [0, 0.05) is 17.7 Å². The molecule has 0 aliphatic heterocycles. The van der Waals surface area contributed by atoms with Gasteiger partial charge < -0.3 is 19.1 Å². The van der Waals surface area contributed by atoms with E-state index < -0.39 is 29.1 Å². The van der Waals surface area contributed by atoms with Crippen molar-refractivity contribution in [2.75, 3.05) is 13.7 Å². The monoisotopic (exact) mass is 314 g/mol. The van der Waals surface area contributed by atoms with Gasteiger partial charge in [-0.1, -0.05) is 6.92 Å². The van der Waals surface area contributed by atoms with Gasteiger partial charge in [0.05, 0.1) is 7.11 Å². The average Bonchev–Trinajstić information content (AvgIpc) is 2.83. The van der Waals surface area contributed by atoms with Crippen LogP contribution in [0.3, 0.4) is 0 Å². The minimum Gasteiger partial charge on any atom is -0.476 e. The van der Waals surface area contributed by atoms with Gasteiger partial charge in [0.1, 0.15) is 5.69 Å². The van der Waals surface area contributed by atoms with Crippen LogP contribution in [0.25, 0.3) is 0 Å². The molecule has 0 aromatic carbocycles. The van der Waals surface area contributed by atoms with E-state index in [9.17, 15) is 19.7 Å². The van der Waals surface area contributed by atoms with E-state index in [4.69, 9.17) is 9.84 Å². The van der Waals surface area contributed by atoms with Crippen molar-refractivity contribution in [2.45, 2.75) is 32.5 Å². The van der Waals surface area contributed by atoms with Crippen molar-refractivity contribution >= 4 is 11.9 Å². The number of esters is 1. The van der Waals surface area contributed by atoms with Gasteiger partial charge in [-0.05, 0) is 25.0 Å². The van der Waals surface area contributed by atoms with Crippen LogP contribution in [0.5, 0.6) is 0 Å². The van der Waals surface area contributed by atoms with E-state index in [0.717, 1.165) is 4.57 Å². The number of carbonyl (C=O) groups is 2. The average molecular weight is 314 g/mol. The summed E-state index contributed by atoms with van der Waals surface area (Å²) in [6.07, 6.45) is 0.464. The number of nitro groups is 1. The first kappa shape index (κ1) is 17.6. The number of aryl methyl sites for hydroxylation is 1. The molecule has 122 valence electrons. The maximum Gasteiger partial charge on any atom is 0.384 e. The SMILES string of the molecule is CCCOC(C(C(=O)O)[N+](=O)[O-])n1ccc(C)c1C(=O)OC. The van der Waals surface area contributed by atoms with Crippen molar-refractivity contribution in [1.82, 2.24) is 4.57 Å². The van der Waals surface area contributed by atoms with E-state index in [-0.39, 0.29) is 12.3 Å². The minimum absolute atomic E-state index is 0.0247. The quantitative estimate of drug-likeness (QED) is 0.435. The first-order chi connectivity index (χ1) is 10.3. The molecule has 22 heavy (non-hydrogen) atoms. The van der Waals surface area contributed by atoms with Crippen LogP contribution in [0, 0.1) is 17.0 Å². The number of hydrogen-bond donors (Lipinski definition) is 1. The minimum atomic E-state index is -2.04. The van der Waals surface area contributed by atoms with Crippen LogP contribution in [0.4, 0.5) is 0 Å². The van der Waals surface area contributed by atoms with Gasteiger partial charge in [-0.2, -0.15) is 0 Å². The molecule has 0 bridgehead atoms. The van der Waals surface area contributed by atoms with Crippen LogP contribution in [-0.4, -0.2) is 46.3 Å². The third kappa shape index (κ3) is 3.61. The van der Waals surface area contributed by atoms with Crippen LogP contribution in [0.15, 0.2) is 12.3 Å². The number of ether oxygens (including phenoxy) is 2. The van der Waals surface area contributed by atoms with Crippen LogP contribution in [-0.2, 0) is 14.3 Å². The van der Waals surface area contributed by atoms with Crippen LogP contribution in [0.2, 0.25) is 0 Å². The number of methoxy groups -OCH3 is 1. The fourth-order valence-corrected chi connectivity index (χ4v) is 2.00. The second-order valence-corrected chi connectivity index (χ2v) is 4.58. The number of rotatable bonds is 8. The Balaban J connectivity index is 3.36. The van der Waals surface area contributed by atoms with Gasteiger partial charge in [-0.25, -0.2) is 9.59 Å². The fourth-order valence-electron chi connectivity index (χ4n) is 2.00. The van der Waals surface area contributed by atoms with E-state index in [1.807, 2.05) is 0 Å². The van der Waals surface area contributed by atoms with Crippen LogP contribution >= 0.6 is 0 Å². The Bertz CT molecular complexity index is 553. The molecule has 1 rings (SSSR count). The normalized spacial score (nSPS) is 13.4. The lowest BCUT2D eigenvalue weighted by Gasteiger charge is -2.22. The Morgan fingerprint density at radius 3 is 2.59 bits per heavy atom. The molecular formula is C13H18N2O7. The number of aromatic nitrogens is 1. The molecule has 0 aliphatic carbocycles. The van der Waals surface area contributed by atoms with Crippen LogP contribution in [0.1, 0.15) is 35.6 Å². The molecule has 1 N–H and O–H groups in total. The summed E-state index contributed by atoms with van der Waals surface area (Å²) in [5, 5.41) is 20.2. The van der Waals surface area contributed by atoms with Crippen molar-refractivity contribution in [3.8, 4) is 0 Å². The molecule has 2 atom stereocenters. The highest BCUT2D eigenvalue weighted by Gasteiger charge is 2.42. The lowest BCUT2D eigenvalue weighted by atomic mass is 10.2. The van der Waals surface area contributed by atoms with Crippen molar-refractivity contribution < 1.29 is 29.1 Å². The molecule has 0 amide bonds. The molecule has 0 radical (unpaired) electrons. The van der Waals surface area contributed by atoms with Gasteiger partial charge in [0.15, 0.2) is 0 Å². The Labute approximate surface area is 126 Å². The number of aliphatic carboxylic acids is 1. The molecule has 9 nitrogen and oxygen atoms in total. The summed E-state index contributed by atoms with van der Waals surface area (Å²) >= 11 is 0. The van der Waals surface area contributed by atoms with Crippen molar-refractivity contribution in [2.24, 2.45) is 0 Å². The molecule has 9 heteroatoms. The topological polar surface area (TPSA) is 121 Å². The van der Waals surface area contributed by atoms with Gasteiger partial charge >= 0.3 is 18.0 Å². The van der Waals surface area contributed by atoms with Crippen molar-refractivity contribution in [3.05, 3.63) is 33.6 Å². The summed E-state index contributed by atoms with van der Waals surface area (Å²) in [5.41, 5.74) is 0.529. The zero-order valence-corrected chi connectivity index (χ0v) is 12.5. The fraction of sp³-hybridized carbons (Fsp3) is 0.538. The van der Waals surface area contributed by atoms with Crippen molar-refractivity contribution in [1.29, 1.82) is 0 Å². The summed E-state index contributed by atoms with van der Waals surface area (Å²) in [5.74, 6) is -2.37. The van der Waals surface area contributed by atoms with E-state index in [1.54, 1.807) is 13.8 Å². The number of carbonyl (C=O) groups excluding carboxylic acids is 1. The van der Waals surface area contributed by atoms with Gasteiger partial charge in [-0.15, -0.1) is 0 Å². The maximum atomic E-state index is 11.8. The van der Waals surface area contributed by atoms with Gasteiger partial charge in [0.25, 0.3) is 0 Å². The molecule has 2 unspecified atom stereocenters. The highest BCUT2D eigenvalue weighted by atomic mass is 16.6. The van der Waals surface area contributed by atoms with E-state index in [0.29, 0.717) is 12.0 Å². The summed E-state index contributed by atoms with van der Waals surface area (Å²) in [6.45, 7) is 3.50. The predicted molar refractivity (Wildman–Crippen MR) is 74.2 cm³/mol. The Morgan fingerprint density at radius 2 is 2.14 bits per heavy atom. The zero-order chi connectivity index (χ0) is 16.9. The van der Waals surface area contributed by atoms with Gasteiger partial charge in [0.2, 0.25) is 6.23 Å². The smallest absolute Gasteiger partial charge is 0.384 e. The second kappa shape index (κ2) is 7.55. The van der Waals surface area contributed by atoms with E-state index in [2.05, 4.69) is 4.74 Å². The highest BCUT2D eigenvalue weighted by molar-refractivity contribution is 5.89. The number of hydrogen-bond acceptors (Lipinski definition) is 6. The molecule has 1 aromatic rings. The van der Waals surface area contributed by atoms with E-state index >= 15 is 0 Å². The molecule has 1 heterocycles. The Kier molecular flexibility index (Phi) is 6.05. The molecule has 0 fully saturated rings. The lowest BCUT2D eigenvalue weighted by Crippen LogP contribution is -2.40. The predicted octanol–water partition coefficient (Wildman–Crippen LogP) is 1.24. The highest BCUT2D eigenvalue weighted by Crippen LogP contribution is 2.23. The second-order valence-electron chi connectivity index (χ2n) is 4.58. The molecule has 0 aliphatic rings. The third-order valence-electron chi connectivity index (χ3n) is 3.01. The number of nitrogens with zero attached hydrogens (tertiary/aromatic N) is 2. The first-order valence-corrected chi connectivity index (χ1v) is 6.58. The molecule has 0 spiro atoms. The maximum absolute atomic E-state index is 11.8. The zero-order valence-electron chi connectivity index (χ0n) is 12.5. The standard InChI is InChI=1S/C13H18N2O7/c1-4-7-22-11(10(12(16)17)15(19)20)14-6-5-8(2)9(14)13(18)21-3/h5-6,10-11H,4,7H2,1-3H3,(H,16,17). The summed E-state index contributed by atoms with van der Waals surface area (Å²) in [4.78, 5) is 33.2. The molecule has 0 saturated carbocycles. The number of carboxylic acid groups (broad SMARTS) is 1. The molecule has 0 saturated heterocycles. The largest absolute Gasteiger partial charge is 0.476 e. The third-order valence-corrected chi connectivity index (χ3v) is 3.01. The first-order valence-electron chi connectivity index (χ1n) is 6.58. The Morgan fingerprint density at radius 1 is 1.50 bits per heavy atom. The van der Waals surface area contributed by atoms with Crippen LogP contribution < -0.4 is 0 Å². The number of carboxylic acids is 1. The van der Waals surface area contributed by atoms with Gasteiger partial charge in [-0.3, -0.25) is 10.1 Å². The summed E-state index contributed by atoms with van der Waals surface area (Å²) in [6, 6.07) is -0.505. The summed E-state index contributed by atoms with van der Waals surface area (Å²) < 4.78 is 11.1. The lowest BCUT2D eigenvalue weighted by molar-refractivity contribution is -0.528. The molecular weight excluding hydrogens is 296 g/mol. The van der Waals surface area contributed by atoms with E-state index in [1.165, 1.54) is 19.4 Å². The van der Waals surface area contributed by atoms with Crippen molar-refractivity contribution in [3.63, 3.8) is 0 Å². The summed E-state index contributed by atoms with van der Waals surface area (Å²) in [7, 11) is 1.17. The Hall–Kier alpha value is -2.42. The molecule has 1 aromatic heterocycles.